The minimum atomic E-state index is 0.0766. The molecule has 0 aliphatic carbocycles. The quantitative estimate of drug-likeness (QED) is 0.845. The maximum Gasteiger partial charge on any atom is 0.223 e. The van der Waals surface area contributed by atoms with Crippen molar-refractivity contribution in [1.82, 2.24) is 10.1 Å². The zero-order valence-corrected chi connectivity index (χ0v) is 13.7. The molecule has 1 saturated heterocycles. The van der Waals surface area contributed by atoms with Gasteiger partial charge in [0.1, 0.15) is 5.69 Å². The lowest BCUT2D eigenvalue weighted by molar-refractivity contribution is -0.132. The van der Waals surface area contributed by atoms with E-state index in [-0.39, 0.29) is 11.9 Å². The monoisotopic (exact) mass is 300 g/mol. The highest BCUT2D eigenvalue weighted by atomic mass is 16.5. The first-order chi connectivity index (χ1) is 10.6. The van der Waals surface area contributed by atoms with Crippen molar-refractivity contribution >= 4 is 16.9 Å². The van der Waals surface area contributed by atoms with Crippen LogP contribution in [0.4, 0.5) is 0 Å². The second kappa shape index (κ2) is 6.11. The topological polar surface area (TPSA) is 46.3 Å². The van der Waals surface area contributed by atoms with Crippen LogP contribution in [0, 0.1) is 13.8 Å². The number of nitrogens with zero attached hydrogens (tertiary/aromatic N) is 2. The predicted octanol–water partition coefficient (Wildman–Crippen LogP) is 4.30. The van der Waals surface area contributed by atoms with Crippen LogP contribution in [0.3, 0.4) is 0 Å². The van der Waals surface area contributed by atoms with Crippen molar-refractivity contribution in [2.24, 2.45) is 0 Å². The van der Waals surface area contributed by atoms with Crippen molar-refractivity contribution in [2.45, 2.75) is 58.9 Å². The summed E-state index contributed by atoms with van der Waals surface area (Å²) in [6.45, 7) is 7.13. The largest absolute Gasteiger partial charge is 0.356 e. The summed E-state index contributed by atoms with van der Waals surface area (Å²) in [5.74, 6) is 0.254. The predicted molar refractivity (Wildman–Crippen MR) is 86.7 cm³/mol. The van der Waals surface area contributed by atoms with Crippen LogP contribution in [0.2, 0.25) is 0 Å². The van der Waals surface area contributed by atoms with Gasteiger partial charge in [0.25, 0.3) is 0 Å². The van der Waals surface area contributed by atoms with E-state index >= 15 is 0 Å². The van der Waals surface area contributed by atoms with Crippen LogP contribution in [0.1, 0.15) is 61.9 Å². The Bertz CT molecular complexity index is 690. The maximum atomic E-state index is 12.4. The fraction of sp³-hybridized carbons (Fsp3) is 0.556. The minimum absolute atomic E-state index is 0.0766. The number of unbranched alkanes of at least 4 members (excludes halogenated alkanes) is 1. The zero-order valence-electron chi connectivity index (χ0n) is 13.7. The lowest BCUT2D eigenvalue weighted by Crippen LogP contribution is -2.30. The number of likely N-dealkylation sites (tertiary alicyclic amines) is 1. The molecule has 2 heterocycles. The molecule has 1 atom stereocenters. The van der Waals surface area contributed by atoms with E-state index in [1.54, 1.807) is 0 Å². The third-order valence-electron chi connectivity index (χ3n) is 4.75. The molecule has 0 spiro atoms. The first-order valence-electron chi connectivity index (χ1n) is 8.27. The van der Waals surface area contributed by atoms with Crippen molar-refractivity contribution < 1.29 is 9.32 Å². The van der Waals surface area contributed by atoms with Gasteiger partial charge in [0, 0.05) is 18.4 Å². The molecule has 2 aromatic rings. The van der Waals surface area contributed by atoms with Gasteiger partial charge in [-0.3, -0.25) is 4.79 Å². The molecule has 3 rings (SSSR count). The Labute approximate surface area is 131 Å². The summed E-state index contributed by atoms with van der Waals surface area (Å²) < 4.78 is 5.52. The molecule has 4 nitrogen and oxygen atoms in total. The number of fused-ring (bicyclic) bond motifs is 1. The number of hydrogen-bond acceptors (Lipinski definition) is 3. The van der Waals surface area contributed by atoms with Crippen LogP contribution in [0.5, 0.6) is 0 Å². The molecule has 0 radical (unpaired) electrons. The Morgan fingerprint density at radius 2 is 2.14 bits per heavy atom. The van der Waals surface area contributed by atoms with Crippen LogP contribution < -0.4 is 0 Å². The minimum Gasteiger partial charge on any atom is -0.356 e. The lowest BCUT2D eigenvalue weighted by atomic mass is 10.0. The molecule has 1 aliphatic heterocycles. The smallest absolute Gasteiger partial charge is 0.223 e. The van der Waals surface area contributed by atoms with Gasteiger partial charge in [-0.25, -0.2) is 0 Å². The molecule has 0 N–H and O–H groups in total. The number of carbonyl (C=O) groups excluding carboxylic acids is 1. The second-order valence-electron chi connectivity index (χ2n) is 6.35. The molecule has 1 aliphatic rings. The molecule has 1 aromatic heterocycles. The van der Waals surface area contributed by atoms with Crippen molar-refractivity contribution in [3.05, 3.63) is 29.0 Å². The van der Waals surface area contributed by atoms with E-state index < -0.39 is 0 Å². The number of aryl methyl sites for hydroxylation is 2. The van der Waals surface area contributed by atoms with Gasteiger partial charge in [0.15, 0.2) is 5.58 Å². The first kappa shape index (κ1) is 15.1. The van der Waals surface area contributed by atoms with Crippen molar-refractivity contribution in [3.63, 3.8) is 0 Å². The third-order valence-corrected chi connectivity index (χ3v) is 4.75. The van der Waals surface area contributed by atoms with Crippen LogP contribution in [-0.2, 0) is 4.79 Å². The Balaban J connectivity index is 1.92. The number of rotatable bonds is 4. The fourth-order valence-electron chi connectivity index (χ4n) is 3.27. The zero-order chi connectivity index (χ0) is 15.7. The molecule has 0 saturated carbocycles. The molecule has 1 amide bonds. The number of aromatic nitrogens is 1. The summed E-state index contributed by atoms with van der Waals surface area (Å²) in [7, 11) is 0. The molecule has 1 aromatic carbocycles. The summed E-state index contributed by atoms with van der Waals surface area (Å²) in [6.07, 6.45) is 4.67. The summed E-state index contributed by atoms with van der Waals surface area (Å²) >= 11 is 0. The van der Waals surface area contributed by atoms with Gasteiger partial charge in [-0.2, -0.15) is 0 Å². The molecular formula is C18H24N2O2. The molecule has 4 heteroatoms. The van der Waals surface area contributed by atoms with Gasteiger partial charge >= 0.3 is 0 Å². The van der Waals surface area contributed by atoms with E-state index in [4.69, 9.17) is 4.52 Å². The first-order valence-corrected chi connectivity index (χ1v) is 8.27. The molecule has 22 heavy (non-hydrogen) atoms. The summed E-state index contributed by atoms with van der Waals surface area (Å²) in [6, 6.07) is 4.26. The summed E-state index contributed by atoms with van der Waals surface area (Å²) in [5.41, 5.74) is 4.20. The highest BCUT2D eigenvalue weighted by Gasteiger charge is 2.33. The summed E-state index contributed by atoms with van der Waals surface area (Å²) in [5, 5.41) is 5.36. The molecular weight excluding hydrogens is 276 g/mol. The van der Waals surface area contributed by atoms with Gasteiger partial charge in [-0.1, -0.05) is 18.5 Å². The Morgan fingerprint density at radius 3 is 2.91 bits per heavy atom. The van der Waals surface area contributed by atoms with Gasteiger partial charge in [-0.05, 0) is 56.4 Å². The molecule has 0 unspecified atom stereocenters. The van der Waals surface area contributed by atoms with Gasteiger partial charge in [-0.15, -0.1) is 0 Å². The average Bonchev–Trinajstić information content (AvgIpc) is 3.11. The Morgan fingerprint density at radius 1 is 1.36 bits per heavy atom. The van der Waals surface area contributed by atoms with Gasteiger partial charge in [0.05, 0.1) is 6.04 Å². The van der Waals surface area contributed by atoms with Gasteiger partial charge < -0.3 is 9.42 Å². The maximum absolute atomic E-state index is 12.4. The Hall–Kier alpha value is -1.84. The van der Waals surface area contributed by atoms with E-state index in [2.05, 4.69) is 32.0 Å². The Kier molecular flexibility index (Phi) is 4.19. The molecule has 0 bridgehead atoms. The van der Waals surface area contributed by atoms with Crippen LogP contribution >= 0.6 is 0 Å². The van der Waals surface area contributed by atoms with Crippen LogP contribution in [0.25, 0.3) is 11.0 Å². The standard InChI is InChI=1S/C18H24N2O2/c1-4-5-8-17(21)20-9-6-7-15(20)18-14-10-12(2)13(3)11-16(14)22-19-18/h10-11,15H,4-9H2,1-3H3/t15-/m1/s1. The number of carbonyl (C=O) groups is 1. The van der Waals surface area contributed by atoms with Crippen molar-refractivity contribution in [3.8, 4) is 0 Å². The number of hydrogen-bond donors (Lipinski definition) is 0. The van der Waals surface area contributed by atoms with E-state index in [1.165, 1.54) is 11.1 Å². The SMILES string of the molecule is CCCCC(=O)N1CCC[C@@H]1c1noc2cc(C)c(C)cc12. The number of benzene rings is 1. The highest BCUT2D eigenvalue weighted by molar-refractivity contribution is 5.83. The van der Waals surface area contributed by atoms with Crippen LogP contribution in [-0.4, -0.2) is 22.5 Å². The van der Waals surface area contributed by atoms with E-state index in [0.29, 0.717) is 6.42 Å². The second-order valence-corrected chi connectivity index (χ2v) is 6.35. The molecule has 1 fully saturated rings. The van der Waals surface area contributed by atoms with E-state index in [9.17, 15) is 4.79 Å². The lowest BCUT2D eigenvalue weighted by Gasteiger charge is -2.23. The summed E-state index contributed by atoms with van der Waals surface area (Å²) in [4.78, 5) is 14.4. The van der Waals surface area contributed by atoms with Crippen LogP contribution in [0.15, 0.2) is 16.7 Å². The van der Waals surface area contributed by atoms with Crippen molar-refractivity contribution in [1.29, 1.82) is 0 Å². The van der Waals surface area contributed by atoms with E-state index in [0.717, 1.165) is 48.9 Å². The highest BCUT2D eigenvalue weighted by Crippen LogP contribution is 2.36. The fourth-order valence-corrected chi connectivity index (χ4v) is 3.27. The van der Waals surface area contributed by atoms with Gasteiger partial charge in [0.2, 0.25) is 5.91 Å². The third kappa shape index (κ3) is 2.62. The van der Waals surface area contributed by atoms with Crippen molar-refractivity contribution in [2.75, 3.05) is 6.54 Å². The normalized spacial score (nSPS) is 18.3. The van der Waals surface area contributed by atoms with E-state index in [1.807, 2.05) is 11.0 Å². The number of amides is 1. The molecule has 118 valence electrons. The average molecular weight is 300 g/mol.